The zero-order valence-electron chi connectivity index (χ0n) is 15.1. The summed E-state index contributed by atoms with van der Waals surface area (Å²) in [5.41, 5.74) is 6.23. The normalized spacial score (nSPS) is 21.9. The Morgan fingerprint density at radius 3 is 2.48 bits per heavy atom. The first kappa shape index (κ1) is 17.9. The number of carbonyl (C=O) groups is 2. The lowest BCUT2D eigenvalue weighted by Gasteiger charge is -2.39. The molecule has 2 N–H and O–H groups in total. The molecule has 0 aromatic heterocycles. The molecule has 2 amide bonds. The van der Waals surface area contributed by atoms with Crippen LogP contribution in [0.25, 0.3) is 0 Å². The summed E-state index contributed by atoms with van der Waals surface area (Å²) in [5, 5.41) is 0. The van der Waals surface area contributed by atoms with Crippen LogP contribution in [-0.4, -0.2) is 47.8 Å². The Morgan fingerprint density at radius 2 is 1.84 bits per heavy atom. The number of amides is 2. The van der Waals surface area contributed by atoms with Crippen molar-refractivity contribution in [2.24, 2.45) is 11.7 Å². The smallest absolute Gasteiger partial charge is 0.246 e. The SMILES string of the molecule is CC(N)(C(=O)N1CCC(CN2CCCCC2=O)CC1)c1ccccc1. The lowest BCUT2D eigenvalue weighted by Crippen LogP contribution is -2.53. The zero-order chi connectivity index (χ0) is 17.9. The average Bonchev–Trinajstić information content (AvgIpc) is 2.64. The van der Waals surface area contributed by atoms with Crippen LogP contribution in [0.2, 0.25) is 0 Å². The van der Waals surface area contributed by atoms with Gasteiger partial charge in [0.25, 0.3) is 0 Å². The number of nitrogens with two attached hydrogens (primary N) is 1. The van der Waals surface area contributed by atoms with Crippen molar-refractivity contribution in [3.05, 3.63) is 35.9 Å². The van der Waals surface area contributed by atoms with Gasteiger partial charge in [0.15, 0.2) is 0 Å². The van der Waals surface area contributed by atoms with Crippen molar-refractivity contribution in [1.29, 1.82) is 0 Å². The fourth-order valence-corrected chi connectivity index (χ4v) is 3.92. The fourth-order valence-electron chi connectivity index (χ4n) is 3.92. The Balaban J connectivity index is 1.55. The minimum Gasteiger partial charge on any atom is -0.342 e. The first-order valence-electron chi connectivity index (χ1n) is 9.40. The van der Waals surface area contributed by atoms with Gasteiger partial charge < -0.3 is 15.5 Å². The summed E-state index contributed by atoms with van der Waals surface area (Å²) < 4.78 is 0. The molecule has 1 atom stereocenters. The maximum absolute atomic E-state index is 12.9. The predicted molar refractivity (Wildman–Crippen MR) is 97.7 cm³/mol. The second-order valence-electron chi connectivity index (χ2n) is 7.60. The van der Waals surface area contributed by atoms with Crippen LogP contribution in [-0.2, 0) is 15.1 Å². The molecule has 1 unspecified atom stereocenters. The predicted octanol–water partition coefficient (Wildman–Crippen LogP) is 2.11. The van der Waals surface area contributed by atoms with Crippen LogP contribution < -0.4 is 5.73 Å². The summed E-state index contributed by atoms with van der Waals surface area (Å²) in [6.07, 6.45) is 4.73. The van der Waals surface area contributed by atoms with E-state index in [2.05, 4.69) is 0 Å². The number of nitrogens with zero attached hydrogens (tertiary/aromatic N) is 2. The molecule has 0 radical (unpaired) electrons. The second-order valence-corrected chi connectivity index (χ2v) is 7.60. The molecule has 2 fully saturated rings. The molecule has 3 rings (SSSR count). The molecule has 136 valence electrons. The second kappa shape index (κ2) is 7.56. The number of likely N-dealkylation sites (tertiary alicyclic amines) is 2. The third-order valence-electron chi connectivity index (χ3n) is 5.62. The lowest BCUT2D eigenvalue weighted by atomic mass is 9.89. The van der Waals surface area contributed by atoms with Crippen molar-refractivity contribution in [3.8, 4) is 0 Å². The van der Waals surface area contributed by atoms with Crippen LogP contribution in [0.5, 0.6) is 0 Å². The van der Waals surface area contributed by atoms with Crippen LogP contribution in [0.1, 0.15) is 44.6 Å². The first-order valence-corrected chi connectivity index (χ1v) is 9.40. The van der Waals surface area contributed by atoms with E-state index < -0.39 is 5.54 Å². The van der Waals surface area contributed by atoms with E-state index >= 15 is 0 Å². The van der Waals surface area contributed by atoms with Crippen molar-refractivity contribution >= 4 is 11.8 Å². The topological polar surface area (TPSA) is 66.6 Å². The van der Waals surface area contributed by atoms with Crippen molar-refractivity contribution in [1.82, 2.24) is 9.80 Å². The molecule has 0 spiro atoms. The van der Waals surface area contributed by atoms with Crippen molar-refractivity contribution < 1.29 is 9.59 Å². The lowest BCUT2D eigenvalue weighted by molar-refractivity contribution is -0.139. The Morgan fingerprint density at radius 1 is 1.16 bits per heavy atom. The van der Waals surface area contributed by atoms with Gasteiger partial charge in [0.1, 0.15) is 5.54 Å². The van der Waals surface area contributed by atoms with Crippen LogP contribution >= 0.6 is 0 Å². The molecule has 2 aliphatic heterocycles. The number of rotatable bonds is 4. The molecule has 2 aliphatic rings. The number of carbonyl (C=O) groups excluding carboxylic acids is 2. The summed E-state index contributed by atoms with van der Waals surface area (Å²) in [5.74, 6) is 0.779. The molecular formula is C20H29N3O2. The van der Waals surface area contributed by atoms with Gasteiger partial charge in [-0.2, -0.15) is 0 Å². The Bertz CT molecular complexity index is 607. The van der Waals surface area contributed by atoms with E-state index in [0.717, 1.165) is 57.4 Å². The van der Waals surface area contributed by atoms with Gasteiger partial charge in [-0.3, -0.25) is 9.59 Å². The molecule has 5 heteroatoms. The summed E-state index contributed by atoms with van der Waals surface area (Å²) in [6, 6.07) is 9.57. The van der Waals surface area contributed by atoms with Gasteiger partial charge in [-0.15, -0.1) is 0 Å². The van der Waals surface area contributed by atoms with Gasteiger partial charge in [-0.25, -0.2) is 0 Å². The molecule has 2 saturated heterocycles. The summed E-state index contributed by atoms with van der Waals surface area (Å²) >= 11 is 0. The van der Waals surface area contributed by atoms with Gasteiger partial charge in [-0.05, 0) is 44.1 Å². The molecule has 1 aromatic carbocycles. The van der Waals surface area contributed by atoms with Gasteiger partial charge >= 0.3 is 0 Å². The quantitative estimate of drug-likeness (QED) is 0.910. The van der Waals surface area contributed by atoms with Crippen LogP contribution in [0.4, 0.5) is 0 Å². The minimum atomic E-state index is -0.989. The Labute approximate surface area is 150 Å². The Hall–Kier alpha value is -1.88. The third kappa shape index (κ3) is 4.03. The number of benzene rings is 1. The van der Waals surface area contributed by atoms with Crippen LogP contribution in [0.3, 0.4) is 0 Å². The molecule has 2 heterocycles. The Kier molecular flexibility index (Phi) is 5.42. The van der Waals surface area contributed by atoms with E-state index in [1.54, 1.807) is 6.92 Å². The summed E-state index contributed by atoms with van der Waals surface area (Å²) in [6.45, 7) is 4.99. The monoisotopic (exact) mass is 343 g/mol. The highest BCUT2D eigenvalue weighted by atomic mass is 16.2. The van der Waals surface area contributed by atoms with Crippen LogP contribution in [0, 0.1) is 5.92 Å². The molecule has 1 aromatic rings. The summed E-state index contributed by atoms with van der Waals surface area (Å²) in [7, 11) is 0. The van der Waals surface area contributed by atoms with Gasteiger partial charge in [0.05, 0.1) is 0 Å². The molecule has 25 heavy (non-hydrogen) atoms. The van der Waals surface area contributed by atoms with Crippen molar-refractivity contribution in [2.75, 3.05) is 26.2 Å². The highest BCUT2D eigenvalue weighted by Crippen LogP contribution is 2.25. The molecule has 0 aliphatic carbocycles. The minimum absolute atomic E-state index is 0.00815. The maximum atomic E-state index is 12.9. The number of hydrogen-bond donors (Lipinski definition) is 1. The molecule has 0 saturated carbocycles. The maximum Gasteiger partial charge on any atom is 0.246 e. The standard InChI is InChI=1S/C20H29N3O2/c1-20(21,17-7-3-2-4-8-17)19(25)22-13-10-16(11-14-22)15-23-12-6-5-9-18(23)24/h2-4,7-8,16H,5-6,9-15,21H2,1H3. The highest BCUT2D eigenvalue weighted by molar-refractivity contribution is 5.87. The zero-order valence-corrected chi connectivity index (χ0v) is 15.1. The van der Waals surface area contributed by atoms with Gasteiger partial charge in [0.2, 0.25) is 11.8 Å². The number of hydrogen-bond acceptors (Lipinski definition) is 3. The highest BCUT2D eigenvalue weighted by Gasteiger charge is 2.36. The van der Waals surface area contributed by atoms with E-state index in [9.17, 15) is 9.59 Å². The van der Waals surface area contributed by atoms with E-state index in [0.29, 0.717) is 18.2 Å². The van der Waals surface area contributed by atoms with E-state index in [4.69, 9.17) is 5.73 Å². The van der Waals surface area contributed by atoms with Gasteiger partial charge in [-0.1, -0.05) is 30.3 Å². The number of piperidine rings is 2. The summed E-state index contributed by atoms with van der Waals surface area (Å²) in [4.78, 5) is 28.8. The van der Waals surface area contributed by atoms with Crippen LogP contribution in [0.15, 0.2) is 30.3 Å². The van der Waals surface area contributed by atoms with E-state index in [-0.39, 0.29) is 5.91 Å². The van der Waals surface area contributed by atoms with Crippen molar-refractivity contribution in [2.45, 2.75) is 44.6 Å². The van der Waals surface area contributed by atoms with E-state index in [1.807, 2.05) is 40.1 Å². The van der Waals surface area contributed by atoms with E-state index in [1.165, 1.54) is 0 Å². The largest absolute Gasteiger partial charge is 0.342 e. The molecule has 0 bridgehead atoms. The fraction of sp³-hybridized carbons (Fsp3) is 0.600. The van der Waals surface area contributed by atoms with Crippen molar-refractivity contribution in [3.63, 3.8) is 0 Å². The average molecular weight is 343 g/mol. The third-order valence-corrected chi connectivity index (χ3v) is 5.62. The molecule has 5 nitrogen and oxygen atoms in total. The first-order chi connectivity index (χ1) is 12.0. The molecular weight excluding hydrogens is 314 g/mol. The van der Waals surface area contributed by atoms with Gasteiger partial charge in [0, 0.05) is 32.6 Å².